The van der Waals surface area contributed by atoms with Crippen LogP contribution in [0.25, 0.3) is 42.8 Å². The lowest BCUT2D eigenvalue weighted by molar-refractivity contribution is -0.160. The Balaban J connectivity index is 1.78. The highest BCUT2D eigenvalue weighted by molar-refractivity contribution is 7.22. The first-order valence-electron chi connectivity index (χ1n) is 11.8. The number of hydrogen-bond donors (Lipinski definition) is 2. The van der Waals surface area contributed by atoms with Crippen molar-refractivity contribution in [2.24, 2.45) is 7.05 Å². The van der Waals surface area contributed by atoms with E-state index in [4.69, 9.17) is 27.1 Å². The lowest BCUT2D eigenvalue weighted by Gasteiger charge is -2.28. The van der Waals surface area contributed by atoms with Crippen LogP contribution in [0.3, 0.4) is 0 Å². The van der Waals surface area contributed by atoms with Crippen molar-refractivity contribution >= 4 is 55.8 Å². The number of ether oxygens (including phenoxy) is 1. The molecule has 0 radical (unpaired) electrons. The third-order valence-corrected chi connectivity index (χ3v) is 7.53. The Labute approximate surface area is 223 Å². The van der Waals surface area contributed by atoms with Crippen molar-refractivity contribution in [3.63, 3.8) is 0 Å². The number of hydrogen-bond acceptors (Lipinski definition) is 6. The number of nitrogens with two attached hydrogens (primary N) is 1. The molecule has 37 heavy (non-hydrogen) atoms. The van der Waals surface area contributed by atoms with E-state index in [0.29, 0.717) is 16.4 Å². The molecule has 0 unspecified atom stereocenters. The summed E-state index contributed by atoms with van der Waals surface area (Å²) in [4.78, 5) is 17.5. The van der Waals surface area contributed by atoms with Crippen LogP contribution in [0.4, 0.5) is 5.82 Å². The molecule has 3 N–H and O–H groups in total. The smallest absolute Gasteiger partial charge is 0.337 e. The molecular formula is C28H27ClN4O3S. The summed E-state index contributed by atoms with van der Waals surface area (Å²) in [7, 11) is 1.86. The maximum atomic E-state index is 12.5. The second-order valence-corrected chi connectivity index (χ2v) is 11.5. The van der Waals surface area contributed by atoms with Gasteiger partial charge in [0, 0.05) is 34.1 Å². The summed E-state index contributed by atoms with van der Waals surface area (Å²) in [5.74, 6) is -0.584. The Bertz CT molecular complexity index is 1670. The Hall–Kier alpha value is -3.46. The molecule has 0 saturated heterocycles. The summed E-state index contributed by atoms with van der Waals surface area (Å²) >= 11 is 7.70. The van der Waals surface area contributed by atoms with Crippen LogP contribution < -0.4 is 5.73 Å². The van der Waals surface area contributed by atoms with E-state index in [1.54, 1.807) is 16.8 Å². The highest BCUT2D eigenvalue weighted by Gasteiger charge is 2.32. The van der Waals surface area contributed by atoms with E-state index in [9.17, 15) is 9.90 Å². The monoisotopic (exact) mass is 534 g/mol. The van der Waals surface area contributed by atoms with E-state index >= 15 is 0 Å². The Morgan fingerprint density at radius 3 is 2.46 bits per heavy atom. The zero-order valence-electron chi connectivity index (χ0n) is 21.2. The number of thiazole rings is 1. The van der Waals surface area contributed by atoms with Gasteiger partial charge in [0.15, 0.2) is 11.9 Å². The van der Waals surface area contributed by atoms with Crippen LogP contribution in [0.5, 0.6) is 0 Å². The summed E-state index contributed by atoms with van der Waals surface area (Å²) in [5, 5.41) is 16.8. The van der Waals surface area contributed by atoms with Crippen LogP contribution >= 0.6 is 22.9 Å². The largest absolute Gasteiger partial charge is 0.479 e. The molecule has 5 aromatic rings. The van der Waals surface area contributed by atoms with E-state index in [1.165, 1.54) is 11.3 Å². The number of aromatic nitrogens is 3. The number of aliphatic carboxylic acids is 1. The van der Waals surface area contributed by atoms with Gasteiger partial charge in [-0.1, -0.05) is 23.7 Å². The maximum absolute atomic E-state index is 12.5. The average Bonchev–Trinajstić information content (AvgIpc) is 3.37. The van der Waals surface area contributed by atoms with E-state index in [2.05, 4.69) is 5.10 Å². The number of nitrogen functional groups attached to an aromatic ring is 1. The summed E-state index contributed by atoms with van der Waals surface area (Å²) in [6.45, 7) is 7.45. The van der Waals surface area contributed by atoms with Crippen molar-refractivity contribution in [3.05, 3.63) is 64.7 Å². The molecule has 0 fully saturated rings. The Morgan fingerprint density at radius 2 is 1.81 bits per heavy atom. The number of carboxylic acids is 1. The summed E-state index contributed by atoms with van der Waals surface area (Å²) in [5.41, 5.74) is 11.1. The molecule has 7 nitrogen and oxygen atoms in total. The third kappa shape index (κ3) is 4.68. The second kappa shape index (κ2) is 9.13. The number of anilines is 1. The fraction of sp³-hybridized carbons (Fsp3) is 0.250. The van der Waals surface area contributed by atoms with E-state index in [1.807, 2.05) is 71.1 Å². The molecule has 0 aliphatic carbocycles. The van der Waals surface area contributed by atoms with Crippen molar-refractivity contribution in [2.75, 3.05) is 5.73 Å². The number of benzene rings is 3. The molecule has 2 aromatic heterocycles. The molecule has 190 valence electrons. The van der Waals surface area contributed by atoms with Crippen LogP contribution in [0.2, 0.25) is 5.02 Å². The zero-order valence-corrected chi connectivity index (χ0v) is 22.7. The topological polar surface area (TPSA) is 103 Å². The summed E-state index contributed by atoms with van der Waals surface area (Å²) in [6, 6.07) is 15.3. The number of aryl methyl sites for hydroxylation is 2. The minimum Gasteiger partial charge on any atom is -0.479 e. The number of nitrogens with zero attached hydrogens (tertiary/aromatic N) is 3. The molecule has 0 aliphatic rings. The standard InChI is InChI=1S/C28H27ClN4O3S/c1-14-12-19-24(37-26(31-19)16-8-11-20-18(13-16)25(30)32-33(20)5)22(15-6-9-17(29)10-7-15)21(14)23(27(34)35)36-28(2,3)4/h6-13,23H,1-5H3,(H2,30,32)(H,34,35)/t23-/m0/s1. The van der Waals surface area contributed by atoms with E-state index in [-0.39, 0.29) is 0 Å². The summed E-state index contributed by atoms with van der Waals surface area (Å²) < 4.78 is 8.72. The predicted octanol–water partition coefficient (Wildman–Crippen LogP) is 7.00. The van der Waals surface area contributed by atoms with Crippen LogP contribution in [0, 0.1) is 6.92 Å². The zero-order chi connectivity index (χ0) is 26.6. The quantitative estimate of drug-likeness (QED) is 0.251. The molecule has 3 aromatic carbocycles. The van der Waals surface area contributed by atoms with Gasteiger partial charge in [0.05, 0.1) is 21.3 Å². The van der Waals surface area contributed by atoms with Gasteiger partial charge in [0.1, 0.15) is 5.01 Å². The molecule has 1 atom stereocenters. The van der Waals surface area contributed by atoms with Crippen molar-refractivity contribution < 1.29 is 14.6 Å². The Morgan fingerprint density at radius 1 is 1.14 bits per heavy atom. The van der Waals surface area contributed by atoms with Gasteiger partial charge in [-0.15, -0.1) is 11.3 Å². The first-order chi connectivity index (χ1) is 17.4. The predicted molar refractivity (Wildman–Crippen MR) is 150 cm³/mol. The van der Waals surface area contributed by atoms with Crippen molar-refractivity contribution in [1.82, 2.24) is 14.8 Å². The van der Waals surface area contributed by atoms with Gasteiger partial charge in [-0.05, 0) is 75.2 Å². The number of fused-ring (bicyclic) bond motifs is 2. The molecule has 2 heterocycles. The lowest BCUT2D eigenvalue weighted by Crippen LogP contribution is -2.28. The SMILES string of the molecule is Cc1cc2nc(-c3ccc4c(c3)c(N)nn4C)sc2c(-c2ccc(Cl)cc2)c1[C@H](OC(C)(C)C)C(=O)O. The molecule has 0 amide bonds. The molecule has 0 bridgehead atoms. The highest BCUT2D eigenvalue weighted by atomic mass is 35.5. The molecule has 0 saturated carbocycles. The van der Waals surface area contributed by atoms with Gasteiger partial charge in [0.25, 0.3) is 0 Å². The molecular weight excluding hydrogens is 508 g/mol. The number of carboxylic acid groups (broad SMARTS) is 1. The van der Waals surface area contributed by atoms with Gasteiger partial charge < -0.3 is 15.6 Å². The van der Waals surface area contributed by atoms with Gasteiger partial charge in [-0.25, -0.2) is 9.78 Å². The molecule has 0 spiro atoms. The first-order valence-corrected chi connectivity index (χ1v) is 13.0. The van der Waals surface area contributed by atoms with Crippen molar-refractivity contribution in [1.29, 1.82) is 0 Å². The average molecular weight is 535 g/mol. The van der Waals surface area contributed by atoms with E-state index < -0.39 is 17.7 Å². The molecule has 0 aliphatic heterocycles. The van der Waals surface area contributed by atoms with Crippen LogP contribution in [-0.4, -0.2) is 31.4 Å². The van der Waals surface area contributed by atoms with Gasteiger partial charge >= 0.3 is 5.97 Å². The van der Waals surface area contributed by atoms with Gasteiger partial charge in [0.2, 0.25) is 0 Å². The normalized spacial score (nSPS) is 12.9. The Kier molecular flexibility index (Phi) is 6.22. The minimum absolute atomic E-state index is 0.462. The molecule has 5 rings (SSSR count). The van der Waals surface area contributed by atoms with Crippen LogP contribution in [0.1, 0.15) is 38.0 Å². The molecule has 9 heteroatoms. The number of halogens is 1. The fourth-order valence-corrected chi connectivity index (χ4v) is 5.83. The van der Waals surface area contributed by atoms with E-state index in [0.717, 1.165) is 48.4 Å². The third-order valence-electron chi connectivity index (χ3n) is 6.14. The van der Waals surface area contributed by atoms with Crippen LogP contribution in [0.15, 0.2) is 48.5 Å². The number of carbonyl (C=O) groups is 1. The lowest BCUT2D eigenvalue weighted by atomic mass is 9.91. The van der Waals surface area contributed by atoms with Crippen LogP contribution in [-0.2, 0) is 16.6 Å². The first kappa shape index (κ1) is 25.2. The number of rotatable bonds is 5. The fourth-order valence-electron chi connectivity index (χ4n) is 4.59. The van der Waals surface area contributed by atoms with Crippen molar-refractivity contribution in [2.45, 2.75) is 39.4 Å². The van der Waals surface area contributed by atoms with Gasteiger partial charge in [-0.2, -0.15) is 5.10 Å². The van der Waals surface area contributed by atoms with Gasteiger partial charge in [-0.3, -0.25) is 4.68 Å². The maximum Gasteiger partial charge on any atom is 0.337 e. The second-order valence-electron chi connectivity index (χ2n) is 10.0. The highest BCUT2D eigenvalue weighted by Crippen LogP contribution is 2.44. The minimum atomic E-state index is -1.16. The summed E-state index contributed by atoms with van der Waals surface area (Å²) in [6.07, 6.45) is -1.16. The van der Waals surface area contributed by atoms with Crippen molar-refractivity contribution in [3.8, 4) is 21.7 Å².